The SMILES string of the molecule is C/C(=N\O)C(C)(C)NCC(CNC(C)(C)/C(C)=N/O)NC(=O)CCCC(=O)CC(CCCCNC(=O)CCCC(=O)NCCOCCOCC(=O)NCCOCCOCC(=O)NCCCC[C@H](C)C(N)=O)C(=O)NCCCC[C@H](C)C(N)=O. The summed E-state index contributed by atoms with van der Waals surface area (Å²) in [5.41, 5.74) is 10.1. The topological polar surface area (TPSA) is 404 Å². The van der Waals surface area contributed by atoms with Crippen molar-refractivity contribution < 1.29 is 72.5 Å². The molecule has 0 aliphatic rings. The lowest BCUT2D eigenvalue weighted by Crippen LogP contribution is -2.57. The lowest BCUT2D eigenvalue weighted by molar-refractivity contribution is -0.130. The maximum Gasteiger partial charge on any atom is 0.246 e. The van der Waals surface area contributed by atoms with Crippen molar-refractivity contribution in [1.29, 1.82) is 0 Å². The average Bonchev–Trinajstić information content (AvgIpc) is 3.43. The Labute approximate surface area is 491 Å². The standard InChI is InChI=1S/C56H104N12O15/c1-40(52(57)75)17-9-12-25-60-50(73)38-82-33-32-81-30-28-62-51(74)39-83-34-31-80-29-27-61-48(71)22-16-21-47(70)59-24-14-11-19-44(54(77)63-26-13-10-18-41(2)53(58)76)35-46(69)20-15-23-49(72)66-45(36-64-55(5,6)42(3)67-78)37-65-56(7,8)43(4)68-79/h40-41,44-45,64-65,78-79H,9-39H2,1-8H3,(H2,57,75)(H2,58,76)(H,59,70)(H,60,73)(H,61,71)(H,62,74)(H,63,77)(H,66,72)/b67-42+,68-43+/t40-,41-,44?/m0/s1. The Balaban J connectivity index is 4.57. The van der Waals surface area contributed by atoms with Crippen LogP contribution in [0.1, 0.15) is 158 Å². The molecule has 478 valence electrons. The molecule has 0 aromatic rings. The molecule has 27 heteroatoms. The van der Waals surface area contributed by atoms with Gasteiger partial charge in [-0.05, 0) is 92.9 Å². The van der Waals surface area contributed by atoms with Gasteiger partial charge >= 0.3 is 0 Å². The minimum Gasteiger partial charge on any atom is -0.411 e. The Kier molecular flexibility index (Phi) is 43.2. The second kappa shape index (κ2) is 46.5. The normalized spacial score (nSPS) is 13.5. The van der Waals surface area contributed by atoms with Gasteiger partial charge in [-0.3, -0.25) is 43.2 Å². The summed E-state index contributed by atoms with van der Waals surface area (Å²) < 4.78 is 21.4. The second-order valence-electron chi connectivity index (χ2n) is 21.9. The molecule has 27 nitrogen and oxygen atoms in total. The monoisotopic (exact) mass is 1180 g/mol. The lowest BCUT2D eigenvalue weighted by atomic mass is 9.93. The Morgan fingerprint density at radius 3 is 1.31 bits per heavy atom. The van der Waals surface area contributed by atoms with Crippen molar-refractivity contribution >= 4 is 64.5 Å². The van der Waals surface area contributed by atoms with Crippen molar-refractivity contribution in [1.82, 2.24) is 42.5 Å². The molecule has 0 spiro atoms. The molecule has 0 saturated heterocycles. The average molecular weight is 1190 g/mol. The summed E-state index contributed by atoms with van der Waals surface area (Å²) in [6.45, 7) is 17.6. The van der Waals surface area contributed by atoms with Crippen LogP contribution in [0.2, 0.25) is 0 Å². The summed E-state index contributed by atoms with van der Waals surface area (Å²) >= 11 is 0. The van der Waals surface area contributed by atoms with E-state index >= 15 is 0 Å². The van der Waals surface area contributed by atoms with E-state index in [1.165, 1.54) is 0 Å². The highest BCUT2D eigenvalue weighted by Crippen LogP contribution is 2.17. The Hall–Kier alpha value is -5.87. The first-order valence-corrected chi connectivity index (χ1v) is 29.3. The lowest BCUT2D eigenvalue weighted by Gasteiger charge is -2.32. The van der Waals surface area contributed by atoms with Crippen molar-refractivity contribution in [3.63, 3.8) is 0 Å². The fourth-order valence-electron chi connectivity index (χ4n) is 7.63. The molecule has 1 unspecified atom stereocenters. The van der Waals surface area contributed by atoms with Gasteiger partial charge in [0.25, 0.3) is 0 Å². The van der Waals surface area contributed by atoms with Crippen molar-refractivity contribution in [3.8, 4) is 0 Å². The molecule has 0 radical (unpaired) electrons. The van der Waals surface area contributed by atoms with E-state index in [0.717, 1.165) is 12.8 Å². The van der Waals surface area contributed by atoms with E-state index in [4.69, 9.17) is 30.4 Å². The maximum atomic E-state index is 13.4. The number of unbranched alkanes of at least 4 members (excludes halogenated alkanes) is 3. The van der Waals surface area contributed by atoms with Crippen LogP contribution in [-0.4, -0.2) is 191 Å². The highest BCUT2D eigenvalue weighted by atomic mass is 16.5. The third kappa shape index (κ3) is 41.7. The molecule has 0 rings (SSSR count). The Morgan fingerprint density at radius 1 is 0.470 bits per heavy atom. The summed E-state index contributed by atoms with van der Waals surface area (Å²) in [6, 6.07) is -0.434. The van der Waals surface area contributed by atoms with E-state index in [0.29, 0.717) is 95.5 Å². The van der Waals surface area contributed by atoms with Crippen molar-refractivity contribution in [2.45, 2.75) is 175 Å². The molecule has 3 atom stereocenters. The maximum absolute atomic E-state index is 13.4. The predicted octanol–water partition coefficient (Wildman–Crippen LogP) is 1.22. The summed E-state index contributed by atoms with van der Waals surface area (Å²) in [4.78, 5) is 111. The minimum absolute atomic E-state index is 0.0192. The van der Waals surface area contributed by atoms with E-state index in [1.54, 1.807) is 27.7 Å². The van der Waals surface area contributed by atoms with Crippen LogP contribution in [0.4, 0.5) is 0 Å². The van der Waals surface area contributed by atoms with Gasteiger partial charge in [0.1, 0.15) is 19.0 Å². The molecular weight excluding hydrogens is 1080 g/mol. The molecule has 0 saturated carbocycles. The second-order valence-corrected chi connectivity index (χ2v) is 21.9. The first-order valence-electron chi connectivity index (χ1n) is 29.3. The van der Waals surface area contributed by atoms with Crippen molar-refractivity contribution in [2.24, 2.45) is 39.5 Å². The van der Waals surface area contributed by atoms with E-state index in [-0.39, 0.29) is 169 Å². The number of ether oxygens (including phenoxy) is 4. The minimum atomic E-state index is -0.683. The van der Waals surface area contributed by atoms with E-state index in [1.807, 2.05) is 27.7 Å². The molecule has 0 aromatic carbocycles. The number of amides is 8. The van der Waals surface area contributed by atoms with E-state index < -0.39 is 23.0 Å². The van der Waals surface area contributed by atoms with Gasteiger partial charge in [0, 0.05) is 95.7 Å². The highest BCUT2D eigenvalue weighted by molar-refractivity contribution is 5.91. The number of carbonyl (C=O) groups excluding carboxylic acids is 9. The largest absolute Gasteiger partial charge is 0.411 e. The predicted molar refractivity (Wildman–Crippen MR) is 313 cm³/mol. The zero-order valence-corrected chi connectivity index (χ0v) is 51.0. The molecule has 0 aliphatic heterocycles. The van der Waals surface area contributed by atoms with E-state index in [2.05, 4.69) is 52.8 Å². The zero-order valence-electron chi connectivity index (χ0n) is 51.0. The molecule has 0 fully saturated rings. The Bertz CT molecular complexity index is 1960. The number of Topliss-reactive ketones (excluding diaryl/α,β-unsaturated/α-hetero) is 1. The van der Waals surface area contributed by atoms with Crippen LogP contribution in [0.5, 0.6) is 0 Å². The van der Waals surface area contributed by atoms with E-state index in [9.17, 15) is 53.6 Å². The third-order valence-corrected chi connectivity index (χ3v) is 13.9. The number of primary amides is 2. The van der Waals surface area contributed by atoms with Gasteiger partial charge < -0.3 is 83.4 Å². The van der Waals surface area contributed by atoms with Crippen LogP contribution in [-0.2, 0) is 62.1 Å². The fraction of sp³-hybridized carbons (Fsp3) is 0.804. The molecule has 14 N–H and O–H groups in total. The van der Waals surface area contributed by atoms with Crippen molar-refractivity contribution in [2.75, 3.05) is 98.7 Å². The number of hydrogen-bond acceptors (Lipinski definition) is 19. The number of nitrogens with two attached hydrogens (primary N) is 2. The summed E-state index contributed by atoms with van der Waals surface area (Å²) in [5, 5.41) is 48.8. The molecule has 8 amide bonds. The molecule has 0 bridgehead atoms. The van der Waals surface area contributed by atoms with Gasteiger partial charge in [0.2, 0.25) is 47.3 Å². The molecule has 0 aromatic heterocycles. The van der Waals surface area contributed by atoms with Gasteiger partial charge in [-0.1, -0.05) is 43.4 Å². The van der Waals surface area contributed by atoms with Gasteiger partial charge in [-0.15, -0.1) is 0 Å². The number of oxime groups is 2. The first kappa shape index (κ1) is 77.1. The number of rotatable bonds is 53. The fourth-order valence-corrected chi connectivity index (χ4v) is 7.63. The third-order valence-electron chi connectivity index (χ3n) is 13.9. The van der Waals surface area contributed by atoms with Gasteiger partial charge in [0.05, 0.1) is 68.2 Å². The molecule has 0 aliphatic carbocycles. The van der Waals surface area contributed by atoms with Crippen LogP contribution >= 0.6 is 0 Å². The Morgan fingerprint density at radius 2 is 0.855 bits per heavy atom. The molecule has 0 heterocycles. The van der Waals surface area contributed by atoms with Gasteiger partial charge in [-0.2, -0.15) is 0 Å². The van der Waals surface area contributed by atoms with Crippen LogP contribution in [0.3, 0.4) is 0 Å². The number of nitrogens with one attached hydrogen (secondary N) is 8. The van der Waals surface area contributed by atoms with Crippen molar-refractivity contribution in [3.05, 3.63) is 0 Å². The number of nitrogens with zero attached hydrogens (tertiary/aromatic N) is 2. The van der Waals surface area contributed by atoms with Gasteiger partial charge in [-0.25, -0.2) is 0 Å². The van der Waals surface area contributed by atoms with Crippen LogP contribution in [0.25, 0.3) is 0 Å². The van der Waals surface area contributed by atoms with Crippen LogP contribution in [0.15, 0.2) is 10.3 Å². The van der Waals surface area contributed by atoms with Crippen LogP contribution in [0, 0.1) is 17.8 Å². The van der Waals surface area contributed by atoms with Crippen LogP contribution < -0.4 is 54.0 Å². The smallest absolute Gasteiger partial charge is 0.246 e. The number of hydrogen-bond donors (Lipinski definition) is 12. The summed E-state index contributed by atoms with van der Waals surface area (Å²) in [7, 11) is 0. The number of carbonyl (C=O) groups is 9. The summed E-state index contributed by atoms with van der Waals surface area (Å²) in [5.74, 6) is -3.52. The quantitative estimate of drug-likeness (QED) is 0.0176. The summed E-state index contributed by atoms with van der Waals surface area (Å²) in [6.07, 6.45) is 6.59. The number of ketones is 1. The highest BCUT2D eigenvalue weighted by Gasteiger charge is 2.28. The molecule has 83 heavy (non-hydrogen) atoms. The first-order chi connectivity index (χ1) is 39.3. The van der Waals surface area contributed by atoms with Gasteiger partial charge in [0.15, 0.2) is 0 Å². The zero-order chi connectivity index (χ0) is 62.5. The molecular formula is C56H104N12O15.